The second-order valence-corrected chi connectivity index (χ2v) is 8.66. The average Bonchev–Trinajstić information content (AvgIpc) is 3.42. The first kappa shape index (κ1) is 20.9. The quantitative estimate of drug-likeness (QED) is 0.558. The summed E-state index contributed by atoms with van der Waals surface area (Å²) in [5.41, 5.74) is 1.16. The Morgan fingerprint density at radius 1 is 1.06 bits per heavy atom. The monoisotopic (exact) mass is 466 g/mol. The van der Waals surface area contributed by atoms with Crippen LogP contribution in [0.25, 0.3) is 10.9 Å². The molecule has 0 spiro atoms. The van der Waals surface area contributed by atoms with Gasteiger partial charge in [0, 0.05) is 30.6 Å². The summed E-state index contributed by atoms with van der Waals surface area (Å²) in [4.78, 5) is 30.5. The van der Waals surface area contributed by atoms with Gasteiger partial charge in [-0.2, -0.15) is 4.98 Å². The predicted octanol–water partition coefficient (Wildman–Crippen LogP) is 2.41. The first-order valence-corrected chi connectivity index (χ1v) is 11.4. The van der Waals surface area contributed by atoms with Crippen LogP contribution in [0, 0.1) is 5.82 Å². The van der Waals surface area contributed by atoms with Gasteiger partial charge in [0.05, 0.1) is 12.1 Å². The molecular weight excluding hydrogens is 443 g/mol. The van der Waals surface area contributed by atoms with Gasteiger partial charge in [-0.05, 0) is 48.7 Å². The summed E-state index contributed by atoms with van der Waals surface area (Å²) < 4.78 is 32.7. The molecule has 176 valence electrons. The number of halogens is 1. The highest BCUT2D eigenvalue weighted by Crippen LogP contribution is 2.34. The van der Waals surface area contributed by atoms with E-state index in [0.29, 0.717) is 74.3 Å². The zero-order valence-corrected chi connectivity index (χ0v) is 18.3. The summed E-state index contributed by atoms with van der Waals surface area (Å²) in [5, 5.41) is 4.21. The number of nitrogens with one attached hydrogen (secondary N) is 1. The first-order valence-electron chi connectivity index (χ1n) is 11.4. The lowest BCUT2D eigenvalue weighted by Crippen LogP contribution is -2.29. The lowest BCUT2D eigenvalue weighted by atomic mass is 9.99. The lowest BCUT2D eigenvalue weighted by molar-refractivity contribution is 0.136. The minimum atomic E-state index is -0.450. The van der Waals surface area contributed by atoms with Crippen LogP contribution in [0.4, 0.5) is 15.0 Å². The zero-order chi connectivity index (χ0) is 23.2. The number of cyclic esters (lactones) is 1. The van der Waals surface area contributed by atoms with Crippen molar-refractivity contribution in [2.24, 2.45) is 0 Å². The number of benzene rings is 1. The number of pyridine rings is 2. The van der Waals surface area contributed by atoms with Gasteiger partial charge in [0.2, 0.25) is 0 Å². The van der Waals surface area contributed by atoms with E-state index in [-0.39, 0.29) is 23.4 Å². The summed E-state index contributed by atoms with van der Waals surface area (Å²) in [6, 6.07) is 9.88. The third-order valence-electron chi connectivity index (χ3n) is 6.52. The number of rotatable bonds is 6. The van der Waals surface area contributed by atoms with Gasteiger partial charge >= 0.3 is 6.09 Å². The van der Waals surface area contributed by atoms with Crippen molar-refractivity contribution in [3.8, 4) is 11.6 Å². The number of hydrogen-bond acceptors (Lipinski definition) is 7. The van der Waals surface area contributed by atoms with Gasteiger partial charge in [0.1, 0.15) is 31.0 Å². The molecule has 1 amide bonds. The molecule has 34 heavy (non-hydrogen) atoms. The molecule has 5 heterocycles. The van der Waals surface area contributed by atoms with Crippen LogP contribution in [0.5, 0.6) is 11.6 Å². The Morgan fingerprint density at radius 2 is 1.91 bits per heavy atom. The summed E-state index contributed by atoms with van der Waals surface area (Å²) in [6.45, 7) is 2.82. The van der Waals surface area contributed by atoms with Crippen molar-refractivity contribution in [3.05, 3.63) is 58.1 Å². The fourth-order valence-electron chi connectivity index (χ4n) is 4.91. The fourth-order valence-corrected chi connectivity index (χ4v) is 4.91. The van der Waals surface area contributed by atoms with E-state index >= 15 is 0 Å². The van der Waals surface area contributed by atoms with Crippen molar-refractivity contribution in [2.75, 3.05) is 37.7 Å². The number of ether oxygens (including phenoxy) is 3. The average molecular weight is 466 g/mol. The Labute approximate surface area is 194 Å². The molecule has 0 aliphatic carbocycles. The molecular formula is C24H23FN4O5. The third kappa shape index (κ3) is 3.54. The Hall–Kier alpha value is -3.66. The highest BCUT2D eigenvalue weighted by Gasteiger charge is 2.34. The van der Waals surface area contributed by atoms with Gasteiger partial charge in [-0.3, -0.25) is 9.69 Å². The van der Waals surface area contributed by atoms with Crippen LogP contribution < -0.4 is 25.2 Å². The molecule has 2 aromatic heterocycles. The van der Waals surface area contributed by atoms with E-state index in [1.165, 1.54) is 17.0 Å². The Kier molecular flexibility index (Phi) is 5.09. The zero-order valence-electron chi connectivity index (χ0n) is 18.3. The smallest absolute Gasteiger partial charge is 0.415 e. The van der Waals surface area contributed by atoms with Gasteiger partial charge in [-0.25, -0.2) is 9.18 Å². The summed E-state index contributed by atoms with van der Waals surface area (Å²) in [7, 11) is 0. The van der Waals surface area contributed by atoms with Crippen molar-refractivity contribution >= 4 is 22.8 Å². The molecule has 2 atom stereocenters. The van der Waals surface area contributed by atoms with Crippen LogP contribution >= 0.6 is 0 Å². The van der Waals surface area contributed by atoms with Crippen LogP contribution in [0.3, 0.4) is 0 Å². The number of nitrogens with zero attached hydrogens (tertiary/aromatic N) is 3. The van der Waals surface area contributed by atoms with E-state index in [1.54, 1.807) is 28.8 Å². The molecule has 1 saturated heterocycles. The summed E-state index contributed by atoms with van der Waals surface area (Å²) in [6.07, 6.45) is -0.147. The van der Waals surface area contributed by atoms with Gasteiger partial charge in [-0.15, -0.1) is 0 Å². The fraction of sp³-hybridized carbons (Fsp3) is 0.375. The highest BCUT2D eigenvalue weighted by molar-refractivity contribution is 5.88. The normalized spacial score (nSPS) is 20.7. The number of anilines is 1. The lowest BCUT2D eigenvalue weighted by Gasteiger charge is -2.19. The van der Waals surface area contributed by atoms with Crippen molar-refractivity contribution < 1.29 is 23.4 Å². The molecule has 0 radical (unpaired) electrons. The second kappa shape index (κ2) is 8.28. The van der Waals surface area contributed by atoms with Crippen molar-refractivity contribution in [1.82, 2.24) is 14.9 Å². The molecule has 1 N–H and O–H groups in total. The Bertz CT molecular complexity index is 1340. The number of carbonyl (C=O) groups excluding carboxylic acids is 1. The van der Waals surface area contributed by atoms with E-state index in [2.05, 4.69) is 10.3 Å². The predicted molar refractivity (Wildman–Crippen MR) is 121 cm³/mol. The summed E-state index contributed by atoms with van der Waals surface area (Å²) in [5.74, 6) is 0.974. The molecule has 3 aliphatic heterocycles. The van der Waals surface area contributed by atoms with E-state index in [0.717, 1.165) is 5.39 Å². The topological polar surface area (TPSA) is 94.9 Å². The van der Waals surface area contributed by atoms with E-state index < -0.39 is 6.09 Å². The van der Waals surface area contributed by atoms with Crippen molar-refractivity contribution in [2.45, 2.75) is 25.0 Å². The maximum absolute atomic E-state index is 14.6. The minimum Gasteiger partial charge on any atom is -0.484 e. The van der Waals surface area contributed by atoms with Crippen LogP contribution in [-0.4, -0.2) is 54.6 Å². The van der Waals surface area contributed by atoms with Crippen molar-refractivity contribution in [3.63, 3.8) is 0 Å². The first-order chi connectivity index (χ1) is 16.6. The molecule has 1 fully saturated rings. The molecule has 0 bridgehead atoms. The second-order valence-electron chi connectivity index (χ2n) is 8.66. The molecule has 3 aromatic rings. The van der Waals surface area contributed by atoms with Gasteiger partial charge in [0.15, 0.2) is 5.75 Å². The maximum Gasteiger partial charge on any atom is 0.415 e. The van der Waals surface area contributed by atoms with Gasteiger partial charge < -0.3 is 24.1 Å². The van der Waals surface area contributed by atoms with E-state index in [4.69, 9.17) is 14.2 Å². The molecule has 3 aliphatic rings. The molecule has 6 rings (SSSR count). The van der Waals surface area contributed by atoms with Crippen LogP contribution in [0.15, 0.2) is 41.2 Å². The summed E-state index contributed by atoms with van der Waals surface area (Å²) >= 11 is 0. The largest absolute Gasteiger partial charge is 0.484 e. The standard InChI is InChI=1S/C24H23FN4O5/c25-17-3-1-14-2-6-20(30)29-12-15(21(17)22(14)29)11-26-8-7-16-13-28(24(31)34-16)19-5-4-18-23(27-19)33-10-9-32-18/h1-6,15-16,26H,7-13H2/t15-,16+/m1/s1. The minimum absolute atomic E-state index is 0.118. The molecule has 1 aromatic carbocycles. The maximum atomic E-state index is 14.6. The number of fused-ring (bicyclic) bond motifs is 1. The number of amides is 1. The van der Waals surface area contributed by atoms with Gasteiger partial charge in [-0.1, -0.05) is 0 Å². The molecule has 9 nitrogen and oxygen atoms in total. The Balaban J connectivity index is 1.06. The van der Waals surface area contributed by atoms with Crippen LogP contribution in [-0.2, 0) is 11.3 Å². The highest BCUT2D eigenvalue weighted by atomic mass is 19.1. The number of aromatic nitrogens is 2. The molecule has 0 unspecified atom stereocenters. The van der Waals surface area contributed by atoms with Gasteiger partial charge in [0.25, 0.3) is 11.4 Å². The van der Waals surface area contributed by atoms with Crippen LogP contribution in [0.1, 0.15) is 17.9 Å². The van der Waals surface area contributed by atoms with E-state index in [9.17, 15) is 14.0 Å². The molecule has 0 saturated carbocycles. The third-order valence-corrected chi connectivity index (χ3v) is 6.52. The molecule has 10 heteroatoms. The SMILES string of the molecule is O=C1O[C@@H](CCNC[C@@H]2Cn3c(=O)ccc4ccc(F)c2c43)CN1c1ccc2c(n1)OCCO2. The number of hydrogen-bond donors (Lipinski definition) is 1. The van der Waals surface area contributed by atoms with E-state index in [1.807, 2.05) is 0 Å². The number of carbonyl (C=O) groups is 1. The van der Waals surface area contributed by atoms with Crippen LogP contribution in [0.2, 0.25) is 0 Å². The Morgan fingerprint density at radius 3 is 2.82 bits per heavy atom. The van der Waals surface area contributed by atoms with Crippen molar-refractivity contribution in [1.29, 1.82) is 0 Å².